The van der Waals surface area contributed by atoms with Gasteiger partial charge < -0.3 is 23.8 Å². The molecule has 0 saturated carbocycles. The van der Waals surface area contributed by atoms with Gasteiger partial charge in [0, 0.05) is 30.9 Å². The molecule has 0 N–H and O–H groups in total. The Hall–Kier alpha value is -3.36. The third-order valence-corrected chi connectivity index (χ3v) is 6.78. The first-order valence-corrected chi connectivity index (χ1v) is 11.9. The average Bonchev–Trinajstić information content (AvgIpc) is 3.31. The summed E-state index contributed by atoms with van der Waals surface area (Å²) in [5.41, 5.74) is 1.52. The molecule has 11 heteroatoms. The van der Waals surface area contributed by atoms with E-state index in [1.807, 2.05) is 12.1 Å². The first kappa shape index (κ1) is 26.7. The molecule has 0 aliphatic carbocycles. The SMILES string of the molecule is COc1ccc(COC[C@@H](OC(=O)N2CCC3(CC2)CC(c2ccc(C#N)cn2)CO3)C(F)(F)F)cc1. The molecule has 2 saturated heterocycles. The molecule has 198 valence electrons. The minimum Gasteiger partial charge on any atom is -0.497 e. The lowest BCUT2D eigenvalue weighted by molar-refractivity contribution is -0.220. The molecule has 1 unspecified atom stereocenters. The lowest BCUT2D eigenvalue weighted by atomic mass is 9.84. The number of ether oxygens (including phenoxy) is 4. The molecule has 2 aromatic rings. The van der Waals surface area contributed by atoms with Gasteiger partial charge in [0.25, 0.3) is 0 Å². The molecular formula is C26H28F3N3O5. The minimum atomic E-state index is -4.76. The van der Waals surface area contributed by atoms with Gasteiger partial charge >= 0.3 is 12.3 Å². The Kier molecular flexibility index (Phi) is 8.19. The van der Waals surface area contributed by atoms with Crippen LogP contribution in [0.4, 0.5) is 18.0 Å². The van der Waals surface area contributed by atoms with Crippen molar-refractivity contribution in [3.05, 3.63) is 59.4 Å². The van der Waals surface area contributed by atoms with E-state index in [-0.39, 0.29) is 25.6 Å². The van der Waals surface area contributed by atoms with Crippen LogP contribution >= 0.6 is 0 Å². The van der Waals surface area contributed by atoms with Crippen molar-refractivity contribution >= 4 is 6.09 Å². The molecule has 2 aliphatic heterocycles. The van der Waals surface area contributed by atoms with E-state index < -0.39 is 30.6 Å². The number of nitrogens with zero attached hydrogens (tertiary/aromatic N) is 3. The summed E-state index contributed by atoms with van der Waals surface area (Å²) in [5, 5.41) is 8.94. The van der Waals surface area contributed by atoms with Gasteiger partial charge in [-0.3, -0.25) is 4.98 Å². The van der Waals surface area contributed by atoms with Gasteiger partial charge in [0.1, 0.15) is 11.8 Å². The Labute approximate surface area is 212 Å². The number of benzene rings is 1. The first-order valence-electron chi connectivity index (χ1n) is 11.9. The number of amides is 1. The summed E-state index contributed by atoms with van der Waals surface area (Å²) in [7, 11) is 1.52. The van der Waals surface area contributed by atoms with E-state index in [0.29, 0.717) is 42.7 Å². The molecular weight excluding hydrogens is 491 g/mol. The highest BCUT2D eigenvalue weighted by atomic mass is 19.4. The maximum Gasteiger partial charge on any atom is 0.427 e. The predicted molar refractivity (Wildman–Crippen MR) is 125 cm³/mol. The van der Waals surface area contributed by atoms with Gasteiger partial charge in [0.2, 0.25) is 6.10 Å². The van der Waals surface area contributed by atoms with E-state index >= 15 is 0 Å². The Balaban J connectivity index is 1.26. The van der Waals surface area contributed by atoms with E-state index in [1.54, 1.807) is 30.3 Å². The molecule has 37 heavy (non-hydrogen) atoms. The zero-order chi connectivity index (χ0) is 26.5. The molecule has 1 amide bonds. The average molecular weight is 520 g/mol. The number of rotatable bonds is 7. The summed E-state index contributed by atoms with van der Waals surface area (Å²) < 4.78 is 61.8. The number of nitriles is 1. The van der Waals surface area contributed by atoms with Gasteiger partial charge in [-0.25, -0.2) is 4.79 Å². The first-order chi connectivity index (χ1) is 17.7. The zero-order valence-electron chi connectivity index (χ0n) is 20.4. The molecule has 0 bridgehead atoms. The number of carbonyl (C=O) groups excluding carboxylic acids is 1. The van der Waals surface area contributed by atoms with Gasteiger partial charge in [0.15, 0.2) is 0 Å². The second-order valence-corrected chi connectivity index (χ2v) is 9.24. The number of halogens is 3. The highest BCUT2D eigenvalue weighted by Crippen LogP contribution is 2.42. The number of hydrogen-bond acceptors (Lipinski definition) is 7. The van der Waals surface area contributed by atoms with Gasteiger partial charge in [-0.15, -0.1) is 0 Å². The monoisotopic (exact) mass is 519 g/mol. The van der Waals surface area contributed by atoms with Crippen molar-refractivity contribution in [3.8, 4) is 11.8 Å². The van der Waals surface area contributed by atoms with Gasteiger partial charge in [0.05, 0.1) is 38.1 Å². The van der Waals surface area contributed by atoms with E-state index in [0.717, 1.165) is 5.69 Å². The van der Waals surface area contributed by atoms with Crippen molar-refractivity contribution in [2.75, 3.05) is 33.4 Å². The highest BCUT2D eigenvalue weighted by molar-refractivity contribution is 5.68. The van der Waals surface area contributed by atoms with Crippen LogP contribution in [0.15, 0.2) is 42.6 Å². The molecule has 1 aromatic heterocycles. The molecule has 1 spiro atoms. The second kappa shape index (κ2) is 11.4. The number of alkyl halides is 3. The molecule has 4 rings (SSSR count). The number of pyridine rings is 1. The summed E-state index contributed by atoms with van der Waals surface area (Å²) in [6.07, 6.45) is -4.96. The number of aromatic nitrogens is 1. The number of carbonyl (C=O) groups is 1. The van der Waals surface area contributed by atoms with E-state index in [1.165, 1.54) is 18.2 Å². The number of likely N-dealkylation sites (tertiary alicyclic amines) is 1. The second-order valence-electron chi connectivity index (χ2n) is 9.24. The maximum absolute atomic E-state index is 13.5. The molecule has 8 nitrogen and oxygen atoms in total. The fourth-order valence-corrected chi connectivity index (χ4v) is 4.59. The van der Waals surface area contributed by atoms with Gasteiger partial charge in [-0.2, -0.15) is 18.4 Å². The molecule has 0 radical (unpaired) electrons. The Morgan fingerprint density at radius 2 is 1.97 bits per heavy atom. The van der Waals surface area contributed by atoms with Crippen molar-refractivity contribution in [3.63, 3.8) is 0 Å². The van der Waals surface area contributed by atoms with Crippen molar-refractivity contribution < 1.29 is 36.9 Å². The standard InChI is InChI=1S/C26H28F3N3O5/c1-34-21-5-2-18(3-6-21)15-35-17-23(26(27,28)29)37-24(33)32-10-8-25(9-11-32)12-20(16-36-25)22-7-4-19(13-30)14-31-22/h2-7,14,20,23H,8-12,15-17H2,1H3/t20?,23-/m1/s1. The third kappa shape index (κ3) is 6.70. The van der Waals surface area contributed by atoms with Crippen LogP contribution in [0.25, 0.3) is 0 Å². The molecule has 2 fully saturated rings. The Morgan fingerprint density at radius 1 is 1.24 bits per heavy atom. The van der Waals surface area contributed by atoms with Crippen molar-refractivity contribution in [1.82, 2.24) is 9.88 Å². The quantitative estimate of drug-likeness (QED) is 0.528. The lowest BCUT2D eigenvalue weighted by Crippen LogP contribution is -2.49. The zero-order valence-corrected chi connectivity index (χ0v) is 20.4. The normalized spacial score (nSPS) is 19.9. The summed E-state index contributed by atoms with van der Waals surface area (Å²) in [6.45, 7) is 0.0483. The van der Waals surface area contributed by atoms with E-state index in [9.17, 15) is 18.0 Å². The van der Waals surface area contributed by atoms with Crippen LogP contribution in [-0.4, -0.2) is 67.3 Å². The van der Waals surface area contributed by atoms with Crippen LogP contribution in [0.3, 0.4) is 0 Å². The fraction of sp³-hybridized carbons (Fsp3) is 0.500. The summed E-state index contributed by atoms with van der Waals surface area (Å²) in [4.78, 5) is 18.2. The highest BCUT2D eigenvalue weighted by Gasteiger charge is 2.47. The van der Waals surface area contributed by atoms with Gasteiger partial charge in [-0.1, -0.05) is 12.1 Å². The molecule has 1 aromatic carbocycles. The summed E-state index contributed by atoms with van der Waals surface area (Å²) in [5.74, 6) is 0.683. The van der Waals surface area contributed by atoms with Crippen molar-refractivity contribution in [2.45, 2.75) is 49.7 Å². The molecule has 2 atom stereocenters. The van der Waals surface area contributed by atoms with Crippen LogP contribution in [-0.2, 0) is 20.8 Å². The van der Waals surface area contributed by atoms with Crippen LogP contribution in [0.1, 0.15) is 42.0 Å². The van der Waals surface area contributed by atoms with Crippen molar-refractivity contribution in [1.29, 1.82) is 5.26 Å². The van der Waals surface area contributed by atoms with Crippen LogP contribution < -0.4 is 4.74 Å². The van der Waals surface area contributed by atoms with E-state index in [2.05, 4.69) is 4.98 Å². The van der Waals surface area contributed by atoms with Crippen LogP contribution in [0, 0.1) is 11.3 Å². The molecule has 3 heterocycles. The Morgan fingerprint density at radius 3 is 2.57 bits per heavy atom. The molecule has 2 aliphatic rings. The number of hydrogen-bond donors (Lipinski definition) is 0. The maximum atomic E-state index is 13.5. The summed E-state index contributed by atoms with van der Waals surface area (Å²) >= 11 is 0. The fourth-order valence-electron chi connectivity index (χ4n) is 4.59. The Bertz CT molecular complexity index is 1090. The number of piperidine rings is 1. The van der Waals surface area contributed by atoms with Crippen LogP contribution in [0.2, 0.25) is 0 Å². The largest absolute Gasteiger partial charge is 0.497 e. The summed E-state index contributed by atoms with van der Waals surface area (Å²) in [6, 6.07) is 12.3. The third-order valence-electron chi connectivity index (χ3n) is 6.78. The van der Waals surface area contributed by atoms with E-state index in [4.69, 9.17) is 24.2 Å². The van der Waals surface area contributed by atoms with Gasteiger partial charge in [-0.05, 0) is 49.1 Å². The smallest absolute Gasteiger partial charge is 0.427 e. The van der Waals surface area contributed by atoms with Crippen molar-refractivity contribution in [2.24, 2.45) is 0 Å². The lowest BCUT2D eigenvalue weighted by Gasteiger charge is -2.38. The topological polar surface area (TPSA) is 93.9 Å². The number of methoxy groups -OCH3 is 1. The predicted octanol–water partition coefficient (Wildman–Crippen LogP) is 4.58. The van der Waals surface area contributed by atoms with Crippen LogP contribution in [0.5, 0.6) is 5.75 Å². The minimum absolute atomic E-state index is 0.0590.